The average molecular weight is 152 g/mol. The van der Waals surface area contributed by atoms with Crippen LogP contribution in [-0.2, 0) is 0 Å². The number of amides is 1. The van der Waals surface area contributed by atoms with Gasteiger partial charge >= 0.3 is 0 Å². The number of nitrogens with one attached hydrogen (secondary N) is 2. The smallest absolute Gasteiger partial charge is 0.268 e. The average Bonchev–Trinajstić information content (AvgIpc) is 2.07. The first-order chi connectivity index (χ1) is 5.34. The molecule has 5 nitrogen and oxygen atoms in total. The fourth-order valence-electron chi connectivity index (χ4n) is 0.602. The van der Waals surface area contributed by atoms with Crippen molar-refractivity contribution >= 4 is 5.91 Å². The van der Waals surface area contributed by atoms with E-state index in [1.807, 2.05) is 0 Å². The van der Waals surface area contributed by atoms with Crippen molar-refractivity contribution in [3.8, 4) is 0 Å². The van der Waals surface area contributed by atoms with Crippen molar-refractivity contribution in [2.75, 3.05) is 7.05 Å². The number of carbonyl (C=O) groups is 1. The standard InChI is InChI=1S/C6H8N4O/c1-7-10-6(11)5-2-8-4-9-3-5/h2-4,7H,1H3,(H,10,11). The Balaban J connectivity index is 2.69. The van der Waals surface area contributed by atoms with Crippen LogP contribution in [0.1, 0.15) is 10.4 Å². The summed E-state index contributed by atoms with van der Waals surface area (Å²) < 4.78 is 0. The topological polar surface area (TPSA) is 66.9 Å². The Morgan fingerprint density at radius 2 is 2.09 bits per heavy atom. The molecule has 11 heavy (non-hydrogen) atoms. The summed E-state index contributed by atoms with van der Waals surface area (Å²) in [4.78, 5) is 18.4. The van der Waals surface area contributed by atoms with Crippen LogP contribution in [0.4, 0.5) is 0 Å². The molecular formula is C6H8N4O. The van der Waals surface area contributed by atoms with Crippen LogP contribution in [0.3, 0.4) is 0 Å². The molecular weight excluding hydrogens is 144 g/mol. The third kappa shape index (κ3) is 1.98. The van der Waals surface area contributed by atoms with E-state index in [1.54, 1.807) is 7.05 Å². The number of hydrogen-bond donors (Lipinski definition) is 2. The molecule has 0 aliphatic carbocycles. The first kappa shape index (κ1) is 7.62. The van der Waals surface area contributed by atoms with E-state index < -0.39 is 0 Å². The zero-order valence-electron chi connectivity index (χ0n) is 6.03. The summed E-state index contributed by atoms with van der Waals surface area (Å²) >= 11 is 0. The lowest BCUT2D eigenvalue weighted by atomic mass is 10.3. The van der Waals surface area contributed by atoms with Crippen LogP contribution in [0, 0.1) is 0 Å². The zero-order valence-corrected chi connectivity index (χ0v) is 6.03. The molecule has 0 spiro atoms. The Morgan fingerprint density at radius 3 is 2.64 bits per heavy atom. The van der Waals surface area contributed by atoms with Crippen LogP contribution in [0.5, 0.6) is 0 Å². The van der Waals surface area contributed by atoms with E-state index in [-0.39, 0.29) is 5.91 Å². The van der Waals surface area contributed by atoms with Crippen molar-refractivity contribution in [2.45, 2.75) is 0 Å². The molecule has 58 valence electrons. The van der Waals surface area contributed by atoms with Crippen molar-refractivity contribution in [1.82, 2.24) is 20.8 Å². The maximum absolute atomic E-state index is 11.0. The number of carbonyl (C=O) groups excluding carboxylic acids is 1. The first-order valence-electron chi connectivity index (χ1n) is 3.06. The Hall–Kier alpha value is -1.49. The Kier molecular flexibility index (Phi) is 2.51. The molecule has 0 saturated carbocycles. The van der Waals surface area contributed by atoms with Crippen molar-refractivity contribution < 1.29 is 4.79 Å². The van der Waals surface area contributed by atoms with Gasteiger partial charge in [-0.1, -0.05) is 0 Å². The van der Waals surface area contributed by atoms with Crippen molar-refractivity contribution in [1.29, 1.82) is 0 Å². The van der Waals surface area contributed by atoms with Gasteiger partial charge in [0.15, 0.2) is 0 Å². The molecule has 1 heterocycles. The van der Waals surface area contributed by atoms with Crippen molar-refractivity contribution in [2.24, 2.45) is 0 Å². The highest BCUT2D eigenvalue weighted by Gasteiger charge is 2.01. The van der Waals surface area contributed by atoms with Crippen LogP contribution in [0.15, 0.2) is 18.7 Å². The molecule has 5 heteroatoms. The molecule has 0 unspecified atom stereocenters. The first-order valence-corrected chi connectivity index (χ1v) is 3.06. The monoisotopic (exact) mass is 152 g/mol. The van der Waals surface area contributed by atoms with Crippen LogP contribution < -0.4 is 10.9 Å². The van der Waals surface area contributed by atoms with Gasteiger partial charge in [0.25, 0.3) is 5.91 Å². The van der Waals surface area contributed by atoms with E-state index in [4.69, 9.17) is 0 Å². The molecule has 0 bridgehead atoms. The largest absolute Gasteiger partial charge is 0.288 e. The highest BCUT2D eigenvalue weighted by Crippen LogP contribution is 1.90. The molecule has 0 atom stereocenters. The summed E-state index contributed by atoms with van der Waals surface area (Å²) in [7, 11) is 1.61. The van der Waals surface area contributed by atoms with Gasteiger partial charge < -0.3 is 0 Å². The Morgan fingerprint density at radius 1 is 1.45 bits per heavy atom. The van der Waals surface area contributed by atoms with Crippen LogP contribution in [0.2, 0.25) is 0 Å². The summed E-state index contributed by atoms with van der Waals surface area (Å²) in [6, 6.07) is 0. The lowest BCUT2D eigenvalue weighted by Crippen LogP contribution is -2.34. The third-order valence-electron chi connectivity index (χ3n) is 1.06. The van der Waals surface area contributed by atoms with Gasteiger partial charge in [0.2, 0.25) is 0 Å². The fourth-order valence-corrected chi connectivity index (χ4v) is 0.602. The lowest BCUT2D eigenvalue weighted by Gasteiger charge is -1.99. The van der Waals surface area contributed by atoms with Gasteiger partial charge in [-0.2, -0.15) is 0 Å². The lowest BCUT2D eigenvalue weighted by molar-refractivity contribution is 0.0937. The Bertz CT molecular complexity index is 236. The number of hydrazine groups is 1. The van der Waals surface area contributed by atoms with E-state index in [1.165, 1.54) is 18.7 Å². The summed E-state index contributed by atoms with van der Waals surface area (Å²) in [6.07, 6.45) is 4.26. The van der Waals surface area contributed by atoms with Crippen LogP contribution >= 0.6 is 0 Å². The fraction of sp³-hybridized carbons (Fsp3) is 0.167. The highest BCUT2D eigenvalue weighted by molar-refractivity contribution is 5.93. The van der Waals surface area contributed by atoms with Crippen molar-refractivity contribution in [3.63, 3.8) is 0 Å². The van der Waals surface area contributed by atoms with Gasteiger partial charge in [-0.15, -0.1) is 0 Å². The number of rotatable bonds is 2. The molecule has 0 saturated heterocycles. The molecule has 0 radical (unpaired) electrons. The summed E-state index contributed by atoms with van der Waals surface area (Å²) in [5.74, 6) is -0.242. The van der Waals surface area contributed by atoms with E-state index in [0.717, 1.165) is 0 Å². The molecule has 0 fully saturated rings. The minimum Gasteiger partial charge on any atom is -0.288 e. The third-order valence-corrected chi connectivity index (χ3v) is 1.06. The molecule has 0 aliphatic rings. The minimum atomic E-state index is -0.242. The summed E-state index contributed by atoms with van der Waals surface area (Å²) in [5, 5.41) is 0. The SMILES string of the molecule is CNNC(=O)c1cncnc1. The van der Waals surface area contributed by atoms with E-state index in [2.05, 4.69) is 20.8 Å². The maximum atomic E-state index is 11.0. The second-order valence-corrected chi connectivity index (χ2v) is 1.83. The quantitative estimate of drug-likeness (QED) is 0.552. The van der Waals surface area contributed by atoms with Gasteiger partial charge in [0, 0.05) is 19.4 Å². The summed E-state index contributed by atoms with van der Waals surface area (Å²) in [5.41, 5.74) is 5.34. The molecule has 0 aromatic carbocycles. The number of aromatic nitrogens is 2. The predicted molar refractivity (Wildman–Crippen MR) is 38.6 cm³/mol. The van der Waals surface area contributed by atoms with Gasteiger partial charge in [-0.05, 0) is 0 Å². The molecule has 0 aliphatic heterocycles. The highest BCUT2D eigenvalue weighted by atomic mass is 16.2. The molecule has 1 amide bonds. The van der Waals surface area contributed by atoms with E-state index >= 15 is 0 Å². The molecule has 1 aromatic heterocycles. The second kappa shape index (κ2) is 3.62. The zero-order chi connectivity index (χ0) is 8.10. The van der Waals surface area contributed by atoms with Gasteiger partial charge in [0.1, 0.15) is 6.33 Å². The van der Waals surface area contributed by atoms with E-state index in [9.17, 15) is 4.79 Å². The molecule has 1 aromatic rings. The van der Waals surface area contributed by atoms with Gasteiger partial charge in [-0.3, -0.25) is 10.2 Å². The molecule has 2 N–H and O–H groups in total. The maximum Gasteiger partial charge on any atom is 0.268 e. The van der Waals surface area contributed by atoms with Crippen molar-refractivity contribution in [3.05, 3.63) is 24.3 Å². The molecule has 1 rings (SSSR count). The number of nitrogens with zero attached hydrogens (tertiary/aromatic N) is 2. The minimum absolute atomic E-state index is 0.242. The summed E-state index contributed by atoms with van der Waals surface area (Å²) in [6.45, 7) is 0. The van der Waals surface area contributed by atoms with Crippen LogP contribution in [-0.4, -0.2) is 22.9 Å². The van der Waals surface area contributed by atoms with E-state index in [0.29, 0.717) is 5.56 Å². The predicted octanol–water partition coefficient (Wildman–Crippen LogP) is -0.659. The Labute approximate surface area is 63.8 Å². The van der Waals surface area contributed by atoms with Gasteiger partial charge in [0.05, 0.1) is 5.56 Å². The second-order valence-electron chi connectivity index (χ2n) is 1.83. The number of hydrogen-bond acceptors (Lipinski definition) is 4. The van der Waals surface area contributed by atoms with Gasteiger partial charge in [-0.25, -0.2) is 15.4 Å². The normalized spacial score (nSPS) is 9.18. The van der Waals surface area contributed by atoms with Crippen LogP contribution in [0.25, 0.3) is 0 Å².